The number of carbonyl (C=O) groups is 3. The van der Waals surface area contributed by atoms with E-state index in [1.807, 2.05) is 0 Å². The number of likely N-dealkylation sites (N-methyl/N-ethyl adjacent to an activating group) is 1. The number of hydrogen-bond donors (Lipinski definition) is 1. The van der Waals surface area contributed by atoms with Crippen LogP contribution in [0.15, 0.2) is 48.8 Å². The highest BCUT2D eigenvalue weighted by Crippen LogP contribution is 2.44. The number of anilines is 1. The monoisotopic (exact) mass is 479 g/mol. The molecule has 2 aliphatic rings. The molecule has 3 aromatic rings. The van der Waals surface area contributed by atoms with Gasteiger partial charge in [-0.1, -0.05) is 28.9 Å². The minimum absolute atomic E-state index is 0.166. The lowest BCUT2D eigenvalue weighted by Crippen LogP contribution is -2.70. The molecule has 0 spiro atoms. The third-order valence-electron chi connectivity index (χ3n) is 6.33. The summed E-state index contributed by atoms with van der Waals surface area (Å²) in [5.41, 5.74) is 0.627. The van der Waals surface area contributed by atoms with Gasteiger partial charge in [0.15, 0.2) is 0 Å². The van der Waals surface area contributed by atoms with Gasteiger partial charge >= 0.3 is 0 Å². The van der Waals surface area contributed by atoms with Crippen LogP contribution in [0.4, 0.5) is 5.69 Å². The number of para-hydroxylation sites is 1. The number of amides is 3. The first-order chi connectivity index (χ1) is 16.4. The van der Waals surface area contributed by atoms with Crippen molar-refractivity contribution in [1.82, 2.24) is 30.2 Å². The van der Waals surface area contributed by atoms with Crippen molar-refractivity contribution in [2.24, 2.45) is 0 Å². The number of hydrogen-bond acceptors (Lipinski definition) is 6. The molecular weight excluding hydrogens is 458 g/mol. The van der Waals surface area contributed by atoms with Gasteiger partial charge in [-0.05, 0) is 38.1 Å². The lowest BCUT2D eigenvalue weighted by Gasteiger charge is -2.49. The van der Waals surface area contributed by atoms with Gasteiger partial charge < -0.3 is 10.2 Å². The number of pyridine rings is 1. The van der Waals surface area contributed by atoms with Crippen LogP contribution in [0.1, 0.15) is 48.8 Å². The fourth-order valence-corrected chi connectivity index (χ4v) is 4.81. The maximum atomic E-state index is 13.8. The van der Waals surface area contributed by atoms with Crippen LogP contribution in [-0.2, 0) is 9.59 Å². The molecule has 0 aliphatic carbocycles. The summed E-state index contributed by atoms with van der Waals surface area (Å²) in [5.74, 6) is -0.895. The maximum Gasteiger partial charge on any atom is 0.268 e. The van der Waals surface area contributed by atoms with Crippen molar-refractivity contribution in [3.8, 4) is 5.69 Å². The van der Waals surface area contributed by atoms with Crippen molar-refractivity contribution in [2.75, 3.05) is 11.4 Å². The molecule has 34 heavy (non-hydrogen) atoms. The number of carbonyl (C=O) groups excluding carboxylic acids is 3. The number of benzene rings is 1. The molecule has 1 fully saturated rings. The molecule has 0 saturated carbocycles. The van der Waals surface area contributed by atoms with E-state index in [1.54, 1.807) is 62.6 Å². The molecule has 2 atom stereocenters. The molecule has 1 N–H and O–H groups in total. The number of nitrogens with one attached hydrogen (secondary N) is 1. The van der Waals surface area contributed by atoms with Crippen molar-refractivity contribution < 1.29 is 14.4 Å². The first-order valence-corrected chi connectivity index (χ1v) is 11.3. The molecule has 0 bridgehead atoms. The van der Waals surface area contributed by atoms with Crippen molar-refractivity contribution in [3.05, 3.63) is 65.2 Å². The standard InChI is InChI=1S/C23H22ClN7O3/c1-3-29-21(33)16-6-4-5-7-18(16)31-20(32)10-11-23(29,31)22(34)26-14(2)17-13-30(28-27-17)15-8-9-19(24)25-12-15/h4-9,12-14H,3,10-11H2,1-2H3,(H,26,34). The molecule has 2 unspecified atom stereocenters. The zero-order valence-corrected chi connectivity index (χ0v) is 19.4. The Morgan fingerprint density at radius 3 is 2.76 bits per heavy atom. The van der Waals surface area contributed by atoms with Crippen molar-refractivity contribution in [3.63, 3.8) is 0 Å². The van der Waals surface area contributed by atoms with E-state index in [2.05, 4.69) is 20.6 Å². The average molecular weight is 480 g/mol. The van der Waals surface area contributed by atoms with Gasteiger partial charge in [0.2, 0.25) is 11.6 Å². The van der Waals surface area contributed by atoms with Crippen LogP contribution in [0.5, 0.6) is 0 Å². The predicted molar refractivity (Wildman–Crippen MR) is 123 cm³/mol. The minimum atomic E-state index is -1.43. The Labute approximate surface area is 200 Å². The van der Waals surface area contributed by atoms with Gasteiger partial charge in [0, 0.05) is 19.4 Å². The summed E-state index contributed by atoms with van der Waals surface area (Å²) >= 11 is 5.85. The molecule has 1 saturated heterocycles. The van der Waals surface area contributed by atoms with Crippen LogP contribution in [0.2, 0.25) is 5.15 Å². The highest BCUT2D eigenvalue weighted by atomic mass is 35.5. The molecule has 174 valence electrons. The fraction of sp³-hybridized carbons (Fsp3) is 0.304. The van der Waals surface area contributed by atoms with Gasteiger partial charge in [-0.2, -0.15) is 0 Å². The maximum absolute atomic E-state index is 13.8. The summed E-state index contributed by atoms with van der Waals surface area (Å²) in [4.78, 5) is 47.1. The molecule has 3 amide bonds. The molecule has 2 aromatic heterocycles. The van der Waals surface area contributed by atoms with Gasteiger partial charge in [0.25, 0.3) is 11.8 Å². The van der Waals surface area contributed by atoms with Crippen LogP contribution in [0.3, 0.4) is 0 Å². The van der Waals surface area contributed by atoms with Gasteiger partial charge in [-0.3, -0.25) is 19.3 Å². The second-order valence-corrected chi connectivity index (χ2v) is 8.62. The SMILES string of the molecule is CCN1C(=O)c2ccccc2N2C(=O)CCC12C(=O)NC(C)c1cn(-c2ccc(Cl)nc2)nn1. The third-order valence-corrected chi connectivity index (χ3v) is 6.56. The second-order valence-electron chi connectivity index (χ2n) is 8.23. The van der Waals surface area contributed by atoms with Crippen molar-refractivity contribution in [2.45, 2.75) is 38.4 Å². The topological polar surface area (TPSA) is 113 Å². The highest BCUT2D eigenvalue weighted by molar-refractivity contribution is 6.29. The average Bonchev–Trinajstić information content (AvgIpc) is 3.46. The first kappa shape index (κ1) is 22.0. The zero-order valence-electron chi connectivity index (χ0n) is 18.6. The molecule has 4 heterocycles. The van der Waals surface area contributed by atoms with Crippen LogP contribution >= 0.6 is 11.6 Å². The first-order valence-electron chi connectivity index (χ1n) is 11.0. The van der Waals surface area contributed by atoms with E-state index >= 15 is 0 Å². The minimum Gasteiger partial charge on any atom is -0.344 e. The van der Waals surface area contributed by atoms with Crippen LogP contribution in [0.25, 0.3) is 5.69 Å². The lowest BCUT2D eigenvalue weighted by atomic mass is 9.95. The van der Waals surface area contributed by atoms with Gasteiger partial charge in [0.1, 0.15) is 10.8 Å². The molecule has 0 radical (unpaired) electrons. The van der Waals surface area contributed by atoms with E-state index in [9.17, 15) is 14.4 Å². The summed E-state index contributed by atoms with van der Waals surface area (Å²) in [5, 5.41) is 11.6. The van der Waals surface area contributed by atoms with E-state index in [0.717, 1.165) is 0 Å². The number of rotatable bonds is 5. The van der Waals surface area contributed by atoms with Crippen LogP contribution < -0.4 is 10.2 Å². The summed E-state index contributed by atoms with van der Waals surface area (Å²) < 4.78 is 1.53. The molecule has 5 rings (SSSR count). The van der Waals surface area contributed by atoms with Crippen LogP contribution in [-0.4, -0.2) is 54.8 Å². The number of nitrogens with zero attached hydrogens (tertiary/aromatic N) is 6. The normalized spacial score (nSPS) is 20.2. The lowest BCUT2D eigenvalue weighted by molar-refractivity contribution is -0.134. The molecule has 10 nitrogen and oxygen atoms in total. The summed E-state index contributed by atoms with van der Waals surface area (Å²) in [6.07, 6.45) is 3.63. The summed E-state index contributed by atoms with van der Waals surface area (Å²) in [6, 6.07) is 9.77. The smallest absolute Gasteiger partial charge is 0.268 e. The van der Waals surface area contributed by atoms with E-state index in [0.29, 0.717) is 27.8 Å². The third kappa shape index (κ3) is 3.25. The Balaban J connectivity index is 1.46. The predicted octanol–water partition coefficient (Wildman–Crippen LogP) is 2.49. The Morgan fingerprint density at radius 2 is 2.03 bits per heavy atom. The largest absolute Gasteiger partial charge is 0.344 e. The van der Waals surface area contributed by atoms with Crippen LogP contribution in [0, 0.1) is 0 Å². The van der Waals surface area contributed by atoms with E-state index in [4.69, 9.17) is 11.6 Å². The second kappa shape index (κ2) is 8.21. The quantitative estimate of drug-likeness (QED) is 0.562. The zero-order chi connectivity index (χ0) is 24.0. The summed E-state index contributed by atoms with van der Waals surface area (Å²) in [6.45, 7) is 3.86. The molecule has 1 aromatic carbocycles. The van der Waals surface area contributed by atoms with Gasteiger partial charge in [0.05, 0.1) is 35.4 Å². The van der Waals surface area contributed by atoms with Gasteiger partial charge in [-0.25, -0.2) is 9.67 Å². The van der Waals surface area contributed by atoms with E-state index in [1.165, 1.54) is 14.5 Å². The number of aromatic nitrogens is 4. The Morgan fingerprint density at radius 1 is 1.24 bits per heavy atom. The Hall–Kier alpha value is -3.79. The van der Waals surface area contributed by atoms with E-state index < -0.39 is 17.6 Å². The Kier molecular flexibility index (Phi) is 5.32. The molecule has 2 aliphatic heterocycles. The number of halogens is 1. The Bertz CT molecular complexity index is 1290. The highest BCUT2D eigenvalue weighted by Gasteiger charge is 2.60. The molecular formula is C23H22ClN7O3. The van der Waals surface area contributed by atoms with Crippen molar-refractivity contribution in [1.29, 1.82) is 0 Å². The number of fused-ring (bicyclic) bond motifs is 3. The van der Waals surface area contributed by atoms with Gasteiger partial charge in [-0.15, -0.1) is 5.10 Å². The fourth-order valence-electron chi connectivity index (χ4n) is 4.70. The summed E-state index contributed by atoms with van der Waals surface area (Å²) in [7, 11) is 0. The van der Waals surface area contributed by atoms with E-state index in [-0.39, 0.29) is 31.2 Å². The van der Waals surface area contributed by atoms with Crippen molar-refractivity contribution >= 4 is 35.0 Å². The molecule has 11 heteroatoms.